The number of hydrogen-bond acceptors (Lipinski definition) is 4. The van der Waals surface area contributed by atoms with Gasteiger partial charge in [-0.05, 0) is 26.0 Å². The van der Waals surface area contributed by atoms with Gasteiger partial charge in [-0.3, -0.25) is 9.59 Å². The third-order valence-corrected chi connectivity index (χ3v) is 3.43. The number of likely N-dealkylation sites (tertiary alicyclic amines) is 1. The van der Waals surface area contributed by atoms with E-state index < -0.39 is 11.9 Å². The van der Waals surface area contributed by atoms with Gasteiger partial charge in [-0.15, -0.1) is 0 Å². The molecule has 2 N–H and O–H groups in total. The van der Waals surface area contributed by atoms with E-state index in [9.17, 15) is 14.4 Å². The molecule has 0 spiro atoms. The molecule has 1 fully saturated rings. The van der Waals surface area contributed by atoms with Crippen molar-refractivity contribution in [1.82, 2.24) is 9.88 Å². The third kappa shape index (κ3) is 3.18. The van der Waals surface area contributed by atoms with Gasteiger partial charge in [0, 0.05) is 25.2 Å². The fourth-order valence-electron chi connectivity index (χ4n) is 2.30. The molecule has 0 radical (unpaired) electrons. The van der Waals surface area contributed by atoms with E-state index in [1.54, 1.807) is 4.90 Å². The number of amides is 2. The van der Waals surface area contributed by atoms with Gasteiger partial charge in [-0.2, -0.15) is 0 Å². The summed E-state index contributed by atoms with van der Waals surface area (Å²) in [6.07, 6.45) is 1.54. The van der Waals surface area contributed by atoms with Crippen LogP contribution in [0.2, 0.25) is 0 Å². The largest absolute Gasteiger partial charge is 0.478 e. The van der Waals surface area contributed by atoms with Crippen LogP contribution in [0.4, 0.5) is 5.82 Å². The van der Waals surface area contributed by atoms with Crippen molar-refractivity contribution >= 4 is 23.6 Å². The van der Waals surface area contributed by atoms with Gasteiger partial charge in [0.2, 0.25) is 11.8 Å². The van der Waals surface area contributed by atoms with Crippen molar-refractivity contribution in [2.45, 2.75) is 26.3 Å². The number of carbonyl (C=O) groups excluding carboxylic acids is 2. The maximum absolute atomic E-state index is 12.2. The molecule has 1 unspecified atom stereocenters. The van der Waals surface area contributed by atoms with Gasteiger partial charge < -0.3 is 15.3 Å². The van der Waals surface area contributed by atoms with Crippen LogP contribution in [0, 0.1) is 5.92 Å². The summed E-state index contributed by atoms with van der Waals surface area (Å²) in [5, 5.41) is 11.6. The zero-order chi connectivity index (χ0) is 15.6. The number of pyridine rings is 1. The van der Waals surface area contributed by atoms with Crippen molar-refractivity contribution in [2.75, 3.05) is 11.9 Å². The molecule has 112 valence electrons. The van der Waals surface area contributed by atoms with Crippen LogP contribution in [-0.2, 0) is 9.59 Å². The van der Waals surface area contributed by atoms with Crippen LogP contribution in [0.1, 0.15) is 30.6 Å². The number of aromatic carboxylic acids is 1. The lowest BCUT2D eigenvalue weighted by atomic mass is 10.1. The van der Waals surface area contributed by atoms with Crippen molar-refractivity contribution in [3.05, 3.63) is 23.9 Å². The number of nitrogens with one attached hydrogen (secondary N) is 1. The Labute approximate surface area is 122 Å². The summed E-state index contributed by atoms with van der Waals surface area (Å²) < 4.78 is 0. The van der Waals surface area contributed by atoms with Crippen molar-refractivity contribution < 1.29 is 19.5 Å². The lowest BCUT2D eigenvalue weighted by Crippen LogP contribution is -2.33. The molecule has 7 heteroatoms. The Morgan fingerprint density at radius 3 is 2.76 bits per heavy atom. The Bertz CT molecular complexity index is 585. The maximum atomic E-state index is 12.2. The van der Waals surface area contributed by atoms with Gasteiger partial charge in [0.25, 0.3) is 0 Å². The van der Waals surface area contributed by atoms with E-state index in [1.165, 1.54) is 18.3 Å². The van der Waals surface area contributed by atoms with Crippen molar-refractivity contribution in [1.29, 1.82) is 0 Å². The number of hydrogen-bond donors (Lipinski definition) is 2. The van der Waals surface area contributed by atoms with Crippen molar-refractivity contribution in [3.63, 3.8) is 0 Å². The van der Waals surface area contributed by atoms with Crippen LogP contribution in [0.15, 0.2) is 18.3 Å². The minimum absolute atomic E-state index is 0.00504. The molecule has 0 aliphatic carbocycles. The van der Waals surface area contributed by atoms with Crippen LogP contribution in [0.3, 0.4) is 0 Å². The first kappa shape index (κ1) is 15.0. The van der Waals surface area contributed by atoms with Crippen LogP contribution in [0.5, 0.6) is 0 Å². The SMILES string of the molecule is CC(C)N1CC(C(=O)Nc2ncccc2C(=O)O)CC1=O. The number of nitrogens with zero attached hydrogens (tertiary/aromatic N) is 2. The molecule has 2 amide bonds. The molecule has 1 aromatic rings. The van der Waals surface area contributed by atoms with Gasteiger partial charge in [0.1, 0.15) is 11.4 Å². The molecule has 1 saturated heterocycles. The number of carboxylic acid groups (broad SMARTS) is 1. The van der Waals surface area contributed by atoms with E-state index >= 15 is 0 Å². The second kappa shape index (κ2) is 5.90. The molecule has 0 bridgehead atoms. The van der Waals surface area contributed by atoms with E-state index in [-0.39, 0.29) is 35.7 Å². The Kier molecular flexibility index (Phi) is 4.21. The number of carbonyl (C=O) groups is 3. The normalized spacial score (nSPS) is 18.1. The summed E-state index contributed by atoms with van der Waals surface area (Å²) >= 11 is 0. The molecule has 7 nitrogen and oxygen atoms in total. The highest BCUT2D eigenvalue weighted by molar-refractivity contribution is 6.01. The van der Waals surface area contributed by atoms with E-state index in [0.29, 0.717) is 6.54 Å². The number of carboxylic acids is 1. The molecular formula is C14H17N3O4. The summed E-state index contributed by atoms with van der Waals surface area (Å²) in [4.78, 5) is 40.6. The van der Waals surface area contributed by atoms with Gasteiger partial charge >= 0.3 is 5.97 Å². The average molecular weight is 291 g/mol. The van der Waals surface area contributed by atoms with Crippen LogP contribution >= 0.6 is 0 Å². The monoisotopic (exact) mass is 291 g/mol. The van der Waals surface area contributed by atoms with Gasteiger partial charge in [0.15, 0.2) is 0 Å². The highest BCUT2D eigenvalue weighted by Gasteiger charge is 2.35. The van der Waals surface area contributed by atoms with E-state index in [0.717, 1.165) is 0 Å². The molecule has 0 aromatic carbocycles. The Morgan fingerprint density at radius 1 is 1.48 bits per heavy atom. The van der Waals surface area contributed by atoms with Crippen LogP contribution in [-0.4, -0.2) is 45.4 Å². The first-order valence-corrected chi connectivity index (χ1v) is 6.68. The molecule has 1 aliphatic heterocycles. The van der Waals surface area contributed by atoms with E-state index in [4.69, 9.17) is 5.11 Å². The Morgan fingerprint density at radius 2 is 2.19 bits per heavy atom. The van der Waals surface area contributed by atoms with E-state index in [2.05, 4.69) is 10.3 Å². The lowest BCUT2D eigenvalue weighted by Gasteiger charge is -2.20. The minimum Gasteiger partial charge on any atom is -0.478 e. The number of anilines is 1. The van der Waals surface area contributed by atoms with Crippen molar-refractivity contribution in [2.24, 2.45) is 5.92 Å². The number of rotatable bonds is 4. The van der Waals surface area contributed by atoms with Crippen LogP contribution in [0.25, 0.3) is 0 Å². The van der Waals surface area contributed by atoms with Gasteiger partial charge in [0.05, 0.1) is 5.92 Å². The second-order valence-corrected chi connectivity index (χ2v) is 5.23. The smallest absolute Gasteiger partial charge is 0.339 e. The molecule has 2 rings (SSSR count). The average Bonchev–Trinajstić information content (AvgIpc) is 2.81. The zero-order valence-electron chi connectivity index (χ0n) is 11.9. The first-order chi connectivity index (χ1) is 9.90. The summed E-state index contributed by atoms with van der Waals surface area (Å²) in [7, 11) is 0. The minimum atomic E-state index is -1.16. The predicted molar refractivity (Wildman–Crippen MR) is 74.8 cm³/mol. The second-order valence-electron chi connectivity index (χ2n) is 5.23. The molecule has 1 aliphatic rings. The lowest BCUT2D eigenvalue weighted by molar-refractivity contribution is -0.129. The highest BCUT2D eigenvalue weighted by atomic mass is 16.4. The Balaban J connectivity index is 2.10. The molecule has 21 heavy (non-hydrogen) atoms. The quantitative estimate of drug-likeness (QED) is 0.861. The molecule has 0 saturated carbocycles. The molecule has 1 atom stereocenters. The third-order valence-electron chi connectivity index (χ3n) is 3.43. The molecule has 1 aromatic heterocycles. The summed E-state index contributed by atoms with van der Waals surface area (Å²) in [5.41, 5.74) is -0.0733. The fraction of sp³-hybridized carbons (Fsp3) is 0.429. The molecular weight excluding hydrogens is 274 g/mol. The van der Waals surface area contributed by atoms with Crippen molar-refractivity contribution in [3.8, 4) is 0 Å². The van der Waals surface area contributed by atoms with Gasteiger partial charge in [-0.1, -0.05) is 0 Å². The van der Waals surface area contributed by atoms with Gasteiger partial charge in [-0.25, -0.2) is 9.78 Å². The topological polar surface area (TPSA) is 99.6 Å². The Hall–Kier alpha value is -2.44. The van der Waals surface area contributed by atoms with Crippen LogP contribution < -0.4 is 5.32 Å². The maximum Gasteiger partial charge on any atom is 0.339 e. The first-order valence-electron chi connectivity index (χ1n) is 6.68. The summed E-state index contributed by atoms with van der Waals surface area (Å²) in [6, 6.07) is 2.89. The number of aromatic nitrogens is 1. The standard InChI is InChI=1S/C14H17N3O4/c1-8(2)17-7-9(6-11(17)18)13(19)16-12-10(14(20)21)4-3-5-15-12/h3-5,8-9H,6-7H2,1-2H3,(H,20,21)(H,15,16,19). The fourth-order valence-corrected chi connectivity index (χ4v) is 2.30. The zero-order valence-corrected chi connectivity index (χ0v) is 11.9. The summed E-state index contributed by atoms with van der Waals surface area (Å²) in [6.45, 7) is 4.12. The predicted octanol–water partition coefficient (Wildman–Crippen LogP) is 0.975. The summed E-state index contributed by atoms with van der Waals surface area (Å²) in [5.74, 6) is -2.09. The molecule has 2 heterocycles. The van der Waals surface area contributed by atoms with E-state index in [1.807, 2.05) is 13.8 Å². The highest BCUT2D eigenvalue weighted by Crippen LogP contribution is 2.22.